The van der Waals surface area contributed by atoms with Gasteiger partial charge < -0.3 is 20.4 Å². The zero-order valence-corrected chi connectivity index (χ0v) is 8.77. The highest BCUT2D eigenvalue weighted by Gasteiger charge is 2.20. The van der Waals surface area contributed by atoms with Crippen molar-refractivity contribution >= 4 is 0 Å². The third kappa shape index (κ3) is 2.29. The van der Waals surface area contributed by atoms with E-state index in [1.807, 2.05) is 0 Å². The quantitative estimate of drug-likeness (QED) is 0.565. The molecule has 86 valence electrons. The molecule has 15 heavy (non-hydrogen) atoms. The molecule has 0 amide bonds. The van der Waals surface area contributed by atoms with Crippen LogP contribution in [0.5, 0.6) is 23.3 Å². The van der Waals surface area contributed by atoms with Crippen molar-refractivity contribution in [3.8, 4) is 23.3 Å². The van der Waals surface area contributed by atoms with Crippen LogP contribution in [0, 0.1) is 0 Å². The standard InChI is InChI=1S/C10H17NO4/c1-2-3-4-5-6-11-9(14)7(12)8(13)10(11)15/h12-15H,2-6H2,1H3. The maximum atomic E-state index is 9.35. The van der Waals surface area contributed by atoms with E-state index in [0.717, 1.165) is 30.3 Å². The molecule has 1 aromatic heterocycles. The zero-order valence-electron chi connectivity index (χ0n) is 8.77. The molecule has 0 aliphatic carbocycles. The first-order valence-electron chi connectivity index (χ1n) is 5.11. The van der Waals surface area contributed by atoms with E-state index in [0.29, 0.717) is 6.54 Å². The van der Waals surface area contributed by atoms with Gasteiger partial charge in [0.1, 0.15) is 0 Å². The van der Waals surface area contributed by atoms with Gasteiger partial charge in [0.25, 0.3) is 0 Å². The van der Waals surface area contributed by atoms with E-state index in [9.17, 15) is 10.2 Å². The molecular weight excluding hydrogens is 198 g/mol. The van der Waals surface area contributed by atoms with Crippen LogP contribution in [0.1, 0.15) is 32.6 Å². The highest BCUT2D eigenvalue weighted by atomic mass is 16.4. The summed E-state index contributed by atoms with van der Waals surface area (Å²) >= 11 is 0. The van der Waals surface area contributed by atoms with Crippen molar-refractivity contribution in [2.45, 2.75) is 39.2 Å². The summed E-state index contributed by atoms with van der Waals surface area (Å²) in [6.07, 6.45) is 3.94. The van der Waals surface area contributed by atoms with Crippen molar-refractivity contribution in [3.05, 3.63) is 0 Å². The third-order valence-electron chi connectivity index (χ3n) is 2.39. The first kappa shape index (κ1) is 11.6. The molecule has 0 aromatic carbocycles. The second-order valence-electron chi connectivity index (χ2n) is 3.56. The minimum absolute atomic E-state index is 0.381. The number of unbranched alkanes of at least 4 members (excludes halogenated alkanes) is 3. The van der Waals surface area contributed by atoms with Crippen LogP contribution < -0.4 is 0 Å². The number of aromatic hydroxyl groups is 4. The van der Waals surface area contributed by atoms with Crippen molar-refractivity contribution in [2.75, 3.05) is 0 Å². The molecule has 0 atom stereocenters. The lowest BCUT2D eigenvalue weighted by molar-refractivity contribution is 0.344. The molecule has 0 saturated carbocycles. The largest absolute Gasteiger partial charge is 0.500 e. The van der Waals surface area contributed by atoms with Crippen LogP contribution in [0.3, 0.4) is 0 Å². The van der Waals surface area contributed by atoms with Crippen molar-refractivity contribution in [2.24, 2.45) is 0 Å². The monoisotopic (exact) mass is 215 g/mol. The van der Waals surface area contributed by atoms with Crippen molar-refractivity contribution < 1.29 is 20.4 Å². The lowest BCUT2D eigenvalue weighted by Crippen LogP contribution is -1.96. The molecular formula is C10H17NO4. The van der Waals surface area contributed by atoms with E-state index in [-0.39, 0.29) is 0 Å². The van der Waals surface area contributed by atoms with Gasteiger partial charge in [-0.15, -0.1) is 0 Å². The summed E-state index contributed by atoms with van der Waals surface area (Å²) in [6, 6.07) is 0. The fraction of sp³-hybridized carbons (Fsp3) is 0.600. The van der Waals surface area contributed by atoms with Crippen LogP contribution in [-0.4, -0.2) is 25.0 Å². The first-order chi connectivity index (χ1) is 7.09. The van der Waals surface area contributed by atoms with E-state index in [1.165, 1.54) is 0 Å². The summed E-state index contributed by atoms with van der Waals surface area (Å²) in [6.45, 7) is 2.47. The van der Waals surface area contributed by atoms with Crippen LogP contribution >= 0.6 is 0 Å². The van der Waals surface area contributed by atoms with Crippen molar-refractivity contribution in [1.82, 2.24) is 4.57 Å². The molecule has 0 aliphatic heterocycles. The van der Waals surface area contributed by atoms with E-state index in [4.69, 9.17) is 10.2 Å². The van der Waals surface area contributed by atoms with E-state index in [1.54, 1.807) is 0 Å². The van der Waals surface area contributed by atoms with Gasteiger partial charge in [0.15, 0.2) is 0 Å². The third-order valence-corrected chi connectivity index (χ3v) is 2.39. The Morgan fingerprint density at radius 3 is 1.87 bits per heavy atom. The number of hydrogen-bond acceptors (Lipinski definition) is 4. The molecule has 0 aliphatic rings. The lowest BCUT2D eigenvalue weighted by atomic mass is 10.2. The van der Waals surface area contributed by atoms with Gasteiger partial charge in [-0.2, -0.15) is 0 Å². The Morgan fingerprint density at radius 2 is 1.40 bits per heavy atom. The van der Waals surface area contributed by atoms with Gasteiger partial charge in [-0.3, -0.25) is 4.57 Å². The number of hydrogen-bond donors (Lipinski definition) is 4. The van der Waals surface area contributed by atoms with Crippen LogP contribution in [0.15, 0.2) is 0 Å². The minimum Gasteiger partial charge on any atom is -0.500 e. The van der Waals surface area contributed by atoms with Crippen LogP contribution in [-0.2, 0) is 6.54 Å². The molecule has 0 radical (unpaired) electrons. The molecule has 0 spiro atoms. The number of rotatable bonds is 5. The fourth-order valence-electron chi connectivity index (χ4n) is 1.48. The average molecular weight is 215 g/mol. The topological polar surface area (TPSA) is 85.9 Å². The predicted molar refractivity (Wildman–Crippen MR) is 55.2 cm³/mol. The molecule has 0 saturated heterocycles. The van der Waals surface area contributed by atoms with E-state index < -0.39 is 23.3 Å². The smallest absolute Gasteiger partial charge is 0.241 e. The Kier molecular flexibility index (Phi) is 3.71. The SMILES string of the molecule is CCCCCCn1c(O)c(O)c(O)c1O. The zero-order chi connectivity index (χ0) is 11.4. The normalized spacial score (nSPS) is 10.7. The van der Waals surface area contributed by atoms with Crippen LogP contribution in [0.25, 0.3) is 0 Å². The van der Waals surface area contributed by atoms with E-state index >= 15 is 0 Å². The van der Waals surface area contributed by atoms with Crippen molar-refractivity contribution in [1.29, 1.82) is 0 Å². The van der Waals surface area contributed by atoms with Gasteiger partial charge in [0, 0.05) is 6.54 Å². The molecule has 0 unspecified atom stereocenters. The van der Waals surface area contributed by atoms with E-state index in [2.05, 4.69) is 6.92 Å². The van der Waals surface area contributed by atoms with Gasteiger partial charge in [-0.1, -0.05) is 26.2 Å². The van der Waals surface area contributed by atoms with Crippen LogP contribution in [0.2, 0.25) is 0 Å². The molecule has 0 bridgehead atoms. The predicted octanol–water partition coefficient (Wildman–Crippen LogP) is 1.89. The highest BCUT2D eigenvalue weighted by molar-refractivity contribution is 5.54. The maximum absolute atomic E-state index is 9.35. The van der Waals surface area contributed by atoms with Gasteiger partial charge in [0.05, 0.1) is 0 Å². The maximum Gasteiger partial charge on any atom is 0.241 e. The second-order valence-corrected chi connectivity index (χ2v) is 3.56. The summed E-state index contributed by atoms with van der Waals surface area (Å²) in [7, 11) is 0. The van der Waals surface area contributed by atoms with Gasteiger partial charge in [-0.05, 0) is 6.42 Å². The second kappa shape index (κ2) is 4.82. The molecule has 0 fully saturated rings. The summed E-state index contributed by atoms with van der Waals surface area (Å²) in [4.78, 5) is 0. The Bertz CT molecular complexity index is 307. The molecule has 5 nitrogen and oxygen atoms in total. The highest BCUT2D eigenvalue weighted by Crippen LogP contribution is 2.45. The fourth-order valence-corrected chi connectivity index (χ4v) is 1.48. The molecule has 1 rings (SSSR count). The Morgan fingerprint density at radius 1 is 0.867 bits per heavy atom. The minimum atomic E-state index is -0.664. The van der Waals surface area contributed by atoms with Gasteiger partial charge in [0.2, 0.25) is 23.3 Å². The summed E-state index contributed by atoms with van der Waals surface area (Å²) in [5.74, 6) is -2.30. The molecule has 1 heterocycles. The van der Waals surface area contributed by atoms with Crippen molar-refractivity contribution in [3.63, 3.8) is 0 Å². The number of nitrogens with zero attached hydrogens (tertiary/aromatic N) is 1. The van der Waals surface area contributed by atoms with Gasteiger partial charge >= 0.3 is 0 Å². The van der Waals surface area contributed by atoms with Crippen LogP contribution in [0.4, 0.5) is 0 Å². The number of aromatic nitrogens is 1. The molecule has 4 N–H and O–H groups in total. The molecule has 1 aromatic rings. The Labute approximate surface area is 88.2 Å². The summed E-state index contributed by atoms with van der Waals surface area (Å²) in [5, 5.41) is 37.0. The van der Waals surface area contributed by atoms with Gasteiger partial charge in [-0.25, -0.2) is 0 Å². The first-order valence-corrected chi connectivity index (χ1v) is 5.11. The summed E-state index contributed by atoms with van der Waals surface area (Å²) in [5.41, 5.74) is 0. The lowest BCUT2D eigenvalue weighted by Gasteiger charge is -2.05. The molecule has 5 heteroatoms. The summed E-state index contributed by atoms with van der Waals surface area (Å²) < 4.78 is 1.10. The Balaban J connectivity index is 2.65. The Hall–Kier alpha value is -1.52. The average Bonchev–Trinajstić information content (AvgIpc) is 2.41.